The molecule has 0 unspecified atom stereocenters. The van der Waals surface area contributed by atoms with Crippen LogP contribution < -0.4 is 14.9 Å². The first-order valence-electron chi connectivity index (χ1n) is 8.94. The highest BCUT2D eigenvalue weighted by molar-refractivity contribution is 6.35. The summed E-state index contributed by atoms with van der Waals surface area (Å²) in [7, 11) is 0. The molecule has 3 aromatic carbocycles. The summed E-state index contributed by atoms with van der Waals surface area (Å²) in [6.45, 7) is 2.60. The Morgan fingerprint density at radius 2 is 1.69 bits per heavy atom. The number of nitrogens with zero attached hydrogens (tertiary/aromatic N) is 1. The summed E-state index contributed by atoms with van der Waals surface area (Å²) >= 11 is 12.4. The summed E-state index contributed by atoms with van der Waals surface area (Å²) in [6.07, 6.45) is 1.64. The average molecular weight is 433 g/mol. The number of hydrogen-bond acceptors (Lipinski definition) is 4. The highest BCUT2D eigenvalue weighted by Crippen LogP contribution is 2.31. The molecule has 0 aliphatic carbocycles. The normalized spacial score (nSPS) is 10.9. The van der Waals surface area contributed by atoms with Crippen LogP contribution in [-0.2, 0) is 6.61 Å². The zero-order valence-corrected chi connectivity index (χ0v) is 17.2. The molecule has 3 rings (SSSR count). The molecule has 0 atom stereocenters. The van der Waals surface area contributed by atoms with Gasteiger partial charge in [-0.15, -0.1) is 0 Å². The highest BCUT2D eigenvalue weighted by atomic mass is 35.5. The van der Waals surface area contributed by atoms with Crippen molar-refractivity contribution < 1.29 is 13.9 Å². The van der Waals surface area contributed by atoms with Gasteiger partial charge in [-0.2, -0.15) is 5.10 Å². The van der Waals surface area contributed by atoms with Gasteiger partial charge in [-0.25, -0.2) is 4.39 Å². The molecule has 4 nitrogen and oxygen atoms in total. The molecule has 0 spiro atoms. The van der Waals surface area contributed by atoms with Crippen molar-refractivity contribution in [2.75, 3.05) is 12.0 Å². The van der Waals surface area contributed by atoms with Crippen LogP contribution in [0.15, 0.2) is 65.8 Å². The topological polar surface area (TPSA) is 42.8 Å². The molecule has 0 aliphatic heterocycles. The van der Waals surface area contributed by atoms with E-state index in [-0.39, 0.29) is 12.4 Å². The highest BCUT2D eigenvalue weighted by Gasteiger charge is 2.10. The van der Waals surface area contributed by atoms with E-state index in [9.17, 15) is 4.39 Å². The fourth-order valence-corrected chi connectivity index (χ4v) is 3.02. The molecule has 0 amide bonds. The third kappa shape index (κ3) is 5.86. The number of nitrogens with one attached hydrogen (secondary N) is 1. The third-order valence-corrected chi connectivity index (χ3v) is 4.66. The van der Waals surface area contributed by atoms with Crippen molar-refractivity contribution in [2.45, 2.75) is 13.5 Å². The molecule has 29 heavy (non-hydrogen) atoms. The minimum atomic E-state index is -0.297. The second-order valence-electron chi connectivity index (χ2n) is 6.00. The van der Waals surface area contributed by atoms with E-state index >= 15 is 0 Å². The van der Waals surface area contributed by atoms with E-state index in [0.29, 0.717) is 39.4 Å². The van der Waals surface area contributed by atoms with Gasteiger partial charge in [0.05, 0.1) is 18.5 Å². The number of halogens is 3. The predicted molar refractivity (Wildman–Crippen MR) is 116 cm³/mol. The molecule has 3 aromatic rings. The number of rotatable bonds is 8. The summed E-state index contributed by atoms with van der Waals surface area (Å²) in [5, 5.41) is 5.26. The van der Waals surface area contributed by atoms with Gasteiger partial charge in [0.2, 0.25) is 0 Å². The third-order valence-electron chi connectivity index (χ3n) is 3.95. The molecule has 0 bridgehead atoms. The van der Waals surface area contributed by atoms with E-state index in [1.54, 1.807) is 42.6 Å². The van der Waals surface area contributed by atoms with Crippen LogP contribution in [0.2, 0.25) is 10.0 Å². The monoisotopic (exact) mass is 432 g/mol. The zero-order chi connectivity index (χ0) is 20.6. The Hall–Kier alpha value is -2.76. The van der Waals surface area contributed by atoms with Crippen molar-refractivity contribution in [1.82, 2.24) is 0 Å². The summed E-state index contributed by atoms with van der Waals surface area (Å²) in [4.78, 5) is 0. The minimum Gasteiger partial charge on any atom is -0.490 e. The van der Waals surface area contributed by atoms with Crippen molar-refractivity contribution in [2.24, 2.45) is 5.10 Å². The van der Waals surface area contributed by atoms with Gasteiger partial charge in [0, 0.05) is 15.6 Å². The lowest BCUT2D eigenvalue weighted by atomic mass is 10.2. The zero-order valence-electron chi connectivity index (χ0n) is 15.7. The Bertz CT molecular complexity index is 974. The van der Waals surface area contributed by atoms with Gasteiger partial charge in [-0.1, -0.05) is 29.3 Å². The van der Waals surface area contributed by atoms with Crippen molar-refractivity contribution in [1.29, 1.82) is 0 Å². The van der Waals surface area contributed by atoms with Crippen LogP contribution in [0, 0.1) is 5.82 Å². The first-order chi connectivity index (χ1) is 14.1. The summed E-state index contributed by atoms with van der Waals surface area (Å²) < 4.78 is 24.5. The summed E-state index contributed by atoms with van der Waals surface area (Å²) in [6, 6.07) is 16.7. The van der Waals surface area contributed by atoms with Crippen LogP contribution in [0.3, 0.4) is 0 Å². The largest absolute Gasteiger partial charge is 0.490 e. The van der Waals surface area contributed by atoms with Crippen molar-refractivity contribution in [3.05, 3.63) is 87.7 Å². The van der Waals surface area contributed by atoms with Crippen LogP contribution in [-0.4, -0.2) is 12.8 Å². The number of hydrogen-bond donors (Lipinski definition) is 1. The maximum Gasteiger partial charge on any atom is 0.161 e. The maximum absolute atomic E-state index is 12.9. The van der Waals surface area contributed by atoms with E-state index < -0.39 is 0 Å². The molecule has 0 aromatic heterocycles. The standard InChI is InChI=1S/C22H19Cl2FN2O2/c1-2-28-22-12-15(13-26-27-17-9-7-16(25)8-10-17)6-11-21(22)29-14-18-19(23)4-3-5-20(18)24/h3-13,27H,2,14H2,1H3/b26-13+. The second kappa shape index (κ2) is 10.1. The molecule has 7 heteroatoms. The fourth-order valence-electron chi connectivity index (χ4n) is 2.52. The van der Waals surface area contributed by atoms with Gasteiger partial charge in [0.1, 0.15) is 12.4 Å². The van der Waals surface area contributed by atoms with E-state index in [0.717, 1.165) is 5.56 Å². The second-order valence-corrected chi connectivity index (χ2v) is 6.82. The van der Waals surface area contributed by atoms with Gasteiger partial charge in [0.15, 0.2) is 11.5 Å². The molecule has 0 saturated carbocycles. The quantitative estimate of drug-likeness (QED) is 0.323. The van der Waals surface area contributed by atoms with Crippen LogP contribution in [0.4, 0.5) is 10.1 Å². The molecular weight excluding hydrogens is 414 g/mol. The molecular formula is C22H19Cl2FN2O2. The lowest BCUT2D eigenvalue weighted by Crippen LogP contribution is -2.01. The Morgan fingerprint density at radius 1 is 0.966 bits per heavy atom. The smallest absolute Gasteiger partial charge is 0.161 e. The van der Waals surface area contributed by atoms with Gasteiger partial charge in [-0.3, -0.25) is 5.43 Å². The molecule has 0 fully saturated rings. The van der Waals surface area contributed by atoms with Crippen LogP contribution >= 0.6 is 23.2 Å². The van der Waals surface area contributed by atoms with Crippen molar-refractivity contribution >= 4 is 35.1 Å². The first-order valence-corrected chi connectivity index (χ1v) is 9.69. The predicted octanol–water partition coefficient (Wildman–Crippen LogP) is 6.56. The Labute approximate surface area is 178 Å². The maximum atomic E-state index is 12.9. The van der Waals surface area contributed by atoms with Crippen molar-refractivity contribution in [3.63, 3.8) is 0 Å². The van der Waals surface area contributed by atoms with Crippen molar-refractivity contribution in [3.8, 4) is 11.5 Å². The number of hydrazone groups is 1. The van der Waals surface area contributed by atoms with E-state index in [4.69, 9.17) is 32.7 Å². The van der Waals surface area contributed by atoms with E-state index in [1.807, 2.05) is 19.1 Å². The van der Waals surface area contributed by atoms with E-state index in [1.165, 1.54) is 12.1 Å². The lowest BCUT2D eigenvalue weighted by molar-refractivity contribution is 0.269. The Kier molecular flexibility index (Phi) is 7.33. The minimum absolute atomic E-state index is 0.220. The Morgan fingerprint density at radius 3 is 2.38 bits per heavy atom. The molecule has 0 saturated heterocycles. The number of ether oxygens (including phenoxy) is 2. The summed E-state index contributed by atoms with van der Waals surface area (Å²) in [5.74, 6) is 0.863. The van der Waals surface area contributed by atoms with Gasteiger partial charge < -0.3 is 9.47 Å². The lowest BCUT2D eigenvalue weighted by Gasteiger charge is -2.14. The molecule has 0 aliphatic rings. The van der Waals surface area contributed by atoms with E-state index in [2.05, 4.69) is 10.5 Å². The van der Waals surface area contributed by atoms with Crippen LogP contribution in [0.25, 0.3) is 0 Å². The fraction of sp³-hybridized carbons (Fsp3) is 0.136. The van der Waals surface area contributed by atoms with Gasteiger partial charge >= 0.3 is 0 Å². The van der Waals surface area contributed by atoms with Gasteiger partial charge in [-0.05, 0) is 67.1 Å². The Balaban J connectivity index is 1.70. The first kappa shape index (κ1) is 21.0. The number of benzene rings is 3. The average Bonchev–Trinajstić information content (AvgIpc) is 2.71. The summed E-state index contributed by atoms with van der Waals surface area (Å²) in [5.41, 5.74) is 5.06. The molecule has 0 heterocycles. The SMILES string of the molecule is CCOc1cc(/C=N/Nc2ccc(F)cc2)ccc1OCc1c(Cl)cccc1Cl. The molecule has 150 valence electrons. The molecule has 1 N–H and O–H groups in total. The van der Waals surface area contributed by atoms with Crippen LogP contribution in [0.1, 0.15) is 18.1 Å². The molecule has 0 radical (unpaired) electrons. The van der Waals surface area contributed by atoms with Gasteiger partial charge in [0.25, 0.3) is 0 Å². The number of anilines is 1. The van der Waals surface area contributed by atoms with Crippen LogP contribution in [0.5, 0.6) is 11.5 Å².